The summed E-state index contributed by atoms with van der Waals surface area (Å²) in [5.41, 5.74) is 7.11. The second kappa shape index (κ2) is 6.61. The Morgan fingerprint density at radius 3 is 2.76 bits per heavy atom. The number of likely N-dealkylation sites (N-methyl/N-ethyl adjacent to an activating group) is 1. The van der Waals surface area contributed by atoms with E-state index in [0.717, 1.165) is 5.56 Å². The highest BCUT2D eigenvalue weighted by Crippen LogP contribution is 2.24. The van der Waals surface area contributed by atoms with Crippen molar-refractivity contribution in [3.63, 3.8) is 0 Å². The van der Waals surface area contributed by atoms with Gasteiger partial charge in [0.15, 0.2) is 0 Å². The quantitative estimate of drug-likeness (QED) is 0.875. The van der Waals surface area contributed by atoms with Crippen LogP contribution in [0.4, 0.5) is 0 Å². The lowest BCUT2D eigenvalue weighted by atomic mass is 9.99. The third-order valence-corrected chi connectivity index (χ3v) is 2.97. The monoisotopic (exact) mass is 251 g/mol. The maximum Gasteiger partial charge on any atom is 0.0635 e. The highest BCUT2D eigenvalue weighted by Gasteiger charge is 2.20. The first-order valence-corrected chi connectivity index (χ1v) is 6.02. The van der Waals surface area contributed by atoms with Crippen molar-refractivity contribution in [3.05, 3.63) is 34.9 Å². The number of rotatable bonds is 5. The van der Waals surface area contributed by atoms with Crippen LogP contribution in [0.5, 0.6) is 0 Å². The molecule has 3 nitrogen and oxygen atoms in total. The summed E-state index contributed by atoms with van der Waals surface area (Å²) in [6.07, 6.45) is 0.500. The molecule has 0 spiro atoms. The Balaban J connectivity index is 2.89. The Morgan fingerprint density at radius 2 is 2.24 bits per heavy atom. The van der Waals surface area contributed by atoms with Crippen molar-refractivity contribution in [1.82, 2.24) is 4.90 Å². The smallest absolute Gasteiger partial charge is 0.0635 e. The van der Waals surface area contributed by atoms with Gasteiger partial charge < -0.3 is 5.73 Å². The molecule has 0 amide bonds. The second-order valence-electron chi connectivity index (χ2n) is 4.25. The molecule has 1 aromatic carbocycles. The minimum absolute atomic E-state index is 0.0165. The zero-order valence-electron chi connectivity index (χ0n) is 10.2. The largest absolute Gasteiger partial charge is 0.326 e. The van der Waals surface area contributed by atoms with Crippen LogP contribution >= 0.6 is 11.6 Å². The van der Waals surface area contributed by atoms with E-state index >= 15 is 0 Å². The van der Waals surface area contributed by atoms with Gasteiger partial charge in [-0.05, 0) is 31.7 Å². The average molecular weight is 252 g/mol. The summed E-state index contributed by atoms with van der Waals surface area (Å²) in [5, 5.41) is 9.33. The number of nitriles is 1. The van der Waals surface area contributed by atoms with E-state index in [-0.39, 0.29) is 12.1 Å². The Morgan fingerprint density at radius 1 is 1.53 bits per heavy atom. The van der Waals surface area contributed by atoms with Crippen LogP contribution in [0.25, 0.3) is 0 Å². The Hall–Kier alpha value is -1.08. The van der Waals surface area contributed by atoms with E-state index in [4.69, 9.17) is 22.6 Å². The van der Waals surface area contributed by atoms with Crippen LogP contribution in [-0.2, 0) is 0 Å². The van der Waals surface area contributed by atoms with Crippen LogP contribution in [0.2, 0.25) is 5.02 Å². The first-order chi connectivity index (χ1) is 8.06. The van der Waals surface area contributed by atoms with Gasteiger partial charge in [-0.15, -0.1) is 0 Å². The van der Waals surface area contributed by atoms with Crippen molar-refractivity contribution in [3.8, 4) is 6.07 Å². The molecule has 4 heteroatoms. The van der Waals surface area contributed by atoms with Crippen molar-refractivity contribution < 1.29 is 0 Å². The highest BCUT2D eigenvalue weighted by molar-refractivity contribution is 6.30. The number of hydrogen-bond acceptors (Lipinski definition) is 3. The van der Waals surface area contributed by atoms with Gasteiger partial charge in [-0.2, -0.15) is 5.26 Å². The first kappa shape index (κ1) is 14.0. The Labute approximate surface area is 108 Å². The van der Waals surface area contributed by atoms with Crippen LogP contribution in [0.3, 0.4) is 0 Å². The molecule has 0 saturated heterocycles. The molecule has 0 aliphatic carbocycles. The molecule has 1 aromatic rings. The molecule has 1 rings (SSSR count). The number of hydrogen-bond donors (Lipinski definition) is 1. The third-order valence-electron chi connectivity index (χ3n) is 2.74. The lowest BCUT2D eigenvalue weighted by Gasteiger charge is -2.31. The van der Waals surface area contributed by atoms with Crippen LogP contribution < -0.4 is 5.73 Å². The molecule has 17 heavy (non-hydrogen) atoms. The lowest BCUT2D eigenvalue weighted by Crippen LogP contribution is -2.37. The maximum absolute atomic E-state index is 8.62. The molecule has 0 heterocycles. The van der Waals surface area contributed by atoms with E-state index < -0.39 is 0 Å². The van der Waals surface area contributed by atoms with Crippen LogP contribution in [0.1, 0.15) is 24.9 Å². The fourth-order valence-electron chi connectivity index (χ4n) is 2.02. The topological polar surface area (TPSA) is 53.0 Å². The molecule has 0 aliphatic heterocycles. The zero-order valence-corrected chi connectivity index (χ0v) is 11.0. The minimum Gasteiger partial charge on any atom is -0.326 e. The fourth-order valence-corrected chi connectivity index (χ4v) is 2.21. The number of benzene rings is 1. The normalized spacial score (nSPS) is 14.4. The van der Waals surface area contributed by atoms with Crippen molar-refractivity contribution in [2.45, 2.75) is 25.4 Å². The van der Waals surface area contributed by atoms with Gasteiger partial charge in [0.2, 0.25) is 0 Å². The van der Waals surface area contributed by atoms with Gasteiger partial charge in [0.25, 0.3) is 0 Å². The van der Waals surface area contributed by atoms with E-state index in [9.17, 15) is 0 Å². The van der Waals surface area contributed by atoms with Gasteiger partial charge in [-0.1, -0.05) is 23.7 Å². The predicted molar refractivity (Wildman–Crippen MR) is 70.7 cm³/mol. The molecule has 2 unspecified atom stereocenters. The van der Waals surface area contributed by atoms with Gasteiger partial charge in [-0.25, -0.2) is 0 Å². The molecule has 2 N–H and O–H groups in total. The summed E-state index contributed by atoms with van der Waals surface area (Å²) in [5.74, 6) is 0. The summed E-state index contributed by atoms with van der Waals surface area (Å²) in [7, 11) is 1.98. The molecule has 0 aromatic heterocycles. The van der Waals surface area contributed by atoms with E-state index in [1.165, 1.54) is 0 Å². The predicted octanol–water partition coefficient (Wildman–Crippen LogP) is 2.57. The zero-order chi connectivity index (χ0) is 12.8. The van der Waals surface area contributed by atoms with E-state index in [1.807, 2.05) is 38.2 Å². The minimum atomic E-state index is -0.0165. The summed E-state index contributed by atoms with van der Waals surface area (Å²) in [4.78, 5) is 2.10. The standard InChI is InChI=1S/C13H18ClN3/c1-10(16)13(17(2)8-4-7-15)11-5-3-6-12(14)9-11/h3,5-6,9-10,13H,4,8,16H2,1-2H3. The molecular weight excluding hydrogens is 234 g/mol. The molecule has 2 atom stereocenters. The maximum atomic E-state index is 8.62. The van der Waals surface area contributed by atoms with Gasteiger partial charge in [0.1, 0.15) is 0 Å². The van der Waals surface area contributed by atoms with Crippen LogP contribution in [0.15, 0.2) is 24.3 Å². The molecule has 0 saturated carbocycles. The first-order valence-electron chi connectivity index (χ1n) is 5.64. The Bertz CT molecular complexity index is 398. The van der Waals surface area contributed by atoms with Crippen LogP contribution in [-0.4, -0.2) is 24.5 Å². The molecule has 0 radical (unpaired) electrons. The van der Waals surface area contributed by atoms with Crippen molar-refractivity contribution in [2.75, 3.05) is 13.6 Å². The number of nitrogens with two attached hydrogens (primary N) is 1. The molecular formula is C13H18ClN3. The van der Waals surface area contributed by atoms with E-state index in [0.29, 0.717) is 18.0 Å². The van der Waals surface area contributed by atoms with Crippen LogP contribution in [0, 0.1) is 11.3 Å². The number of halogens is 1. The summed E-state index contributed by atoms with van der Waals surface area (Å²) in [6, 6.07) is 9.93. The van der Waals surface area contributed by atoms with Gasteiger partial charge >= 0.3 is 0 Å². The molecule has 0 fully saturated rings. The van der Waals surface area contributed by atoms with E-state index in [1.54, 1.807) is 0 Å². The lowest BCUT2D eigenvalue weighted by molar-refractivity contribution is 0.223. The number of nitrogens with zero attached hydrogens (tertiary/aromatic N) is 2. The van der Waals surface area contributed by atoms with Gasteiger partial charge in [0, 0.05) is 30.1 Å². The summed E-state index contributed by atoms with van der Waals surface area (Å²) >= 11 is 5.99. The summed E-state index contributed by atoms with van der Waals surface area (Å²) < 4.78 is 0. The van der Waals surface area contributed by atoms with Gasteiger partial charge in [0.05, 0.1) is 6.07 Å². The van der Waals surface area contributed by atoms with Crippen molar-refractivity contribution in [1.29, 1.82) is 5.26 Å². The third kappa shape index (κ3) is 4.01. The highest BCUT2D eigenvalue weighted by atomic mass is 35.5. The molecule has 0 aliphatic rings. The SMILES string of the molecule is CC(N)C(c1cccc(Cl)c1)N(C)CCC#N. The average Bonchev–Trinajstić information content (AvgIpc) is 2.26. The van der Waals surface area contributed by atoms with Crippen molar-refractivity contribution in [2.24, 2.45) is 5.73 Å². The Kier molecular flexibility index (Phi) is 5.43. The van der Waals surface area contributed by atoms with Gasteiger partial charge in [-0.3, -0.25) is 4.90 Å². The van der Waals surface area contributed by atoms with E-state index in [2.05, 4.69) is 11.0 Å². The second-order valence-corrected chi connectivity index (χ2v) is 4.68. The fraction of sp³-hybridized carbons (Fsp3) is 0.462. The summed E-state index contributed by atoms with van der Waals surface area (Å²) in [6.45, 7) is 2.67. The van der Waals surface area contributed by atoms with Crippen molar-refractivity contribution >= 4 is 11.6 Å². The molecule has 92 valence electrons. The molecule has 0 bridgehead atoms.